The number of hydrogen-bond donors (Lipinski definition) is 1. The summed E-state index contributed by atoms with van der Waals surface area (Å²) in [6, 6.07) is 7.79. The zero-order valence-corrected chi connectivity index (χ0v) is 15.7. The Kier molecular flexibility index (Phi) is 4.46. The second-order valence-electron chi connectivity index (χ2n) is 6.96. The molecule has 2 aliphatic rings. The summed E-state index contributed by atoms with van der Waals surface area (Å²) in [5.74, 6) is -0.921. The molecule has 10 heteroatoms. The van der Waals surface area contributed by atoms with E-state index in [2.05, 4.69) is 17.6 Å². The lowest BCUT2D eigenvalue weighted by Crippen LogP contribution is -2.55. The van der Waals surface area contributed by atoms with Crippen molar-refractivity contribution in [1.82, 2.24) is 4.98 Å². The Bertz CT molecular complexity index is 1030. The Morgan fingerprint density at radius 1 is 1.24 bits per heavy atom. The normalized spacial score (nSPS) is 20.7. The number of rotatable bonds is 2. The van der Waals surface area contributed by atoms with Gasteiger partial charge in [0.25, 0.3) is 5.91 Å². The third-order valence-corrected chi connectivity index (χ3v) is 5.83. The first-order chi connectivity index (χ1) is 13.7. The van der Waals surface area contributed by atoms with Crippen molar-refractivity contribution in [2.45, 2.75) is 36.5 Å². The molecule has 1 aliphatic carbocycles. The maximum Gasteiger partial charge on any atom is 0.419 e. The first kappa shape index (κ1) is 19.5. The molecule has 1 saturated heterocycles. The van der Waals surface area contributed by atoms with Crippen LogP contribution < -0.4 is 9.80 Å². The van der Waals surface area contributed by atoms with Crippen LogP contribution in [0.5, 0.6) is 0 Å². The van der Waals surface area contributed by atoms with Gasteiger partial charge in [-0.1, -0.05) is 6.07 Å². The van der Waals surface area contributed by atoms with Crippen LogP contribution in [0.15, 0.2) is 36.5 Å². The molecular formula is C19H14F4N4OS. The summed E-state index contributed by atoms with van der Waals surface area (Å²) in [6.45, 7) is 0. The van der Waals surface area contributed by atoms with Crippen LogP contribution in [0.3, 0.4) is 0 Å². The Morgan fingerprint density at radius 3 is 2.52 bits per heavy atom. The van der Waals surface area contributed by atoms with Gasteiger partial charge in [0.15, 0.2) is 11.2 Å². The van der Waals surface area contributed by atoms with E-state index < -0.39 is 40.2 Å². The molecule has 1 saturated carbocycles. The average molecular weight is 422 g/mol. The second-order valence-corrected chi connectivity index (χ2v) is 7.42. The molecule has 1 unspecified atom stereocenters. The summed E-state index contributed by atoms with van der Waals surface area (Å²) in [7, 11) is 0. The fourth-order valence-electron chi connectivity index (χ4n) is 3.88. The van der Waals surface area contributed by atoms with E-state index in [1.165, 1.54) is 24.3 Å². The maximum atomic E-state index is 13.8. The zero-order valence-electron chi connectivity index (χ0n) is 14.8. The zero-order chi connectivity index (χ0) is 21.0. The SMILES string of the molecule is N#Cc1ncc(N2C(=O)C3(CCC3)N(c3cccc(F)c3)C2S)cc1C(F)(F)F. The molecule has 1 spiro atoms. The second kappa shape index (κ2) is 6.62. The number of nitrogens with zero attached hydrogens (tertiary/aromatic N) is 4. The summed E-state index contributed by atoms with van der Waals surface area (Å²) in [5, 5.41) is 8.94. The van der Waals surface area contributed by atoms with Crippen LogP contribution in [0.25, 0.3) is 0 Å². The van der Waals surface area contributed by atoms with Gasteiger partial charge in [-0.2, -0.15) is 18.4 Å². The average Bonchev–Trinajstić information content (AvgIpc) is 2.87. The summed E-state index contributed by atoms with van der Waals surface area (Å²) in [6.07, 6.45) is -2.04. The van der Waals surface area contributed by atoms with Crippen LogP contribution in [0.4, 0.5) is 28.9 Å². The molecule has 2 fully saturated rings. The number of nitriles is 1. The van der Waals surface area contributed by atoms with Gasteiger partial charge < -0.3 is 4.90 Å². The highest BCUT2D eigenvalue weighted by atomic mass is 32.1. The molecule has 2 aromatic rings. The highest BCUT2D eigenvalue weighted by molar-refractivity contribution is 7.81. The van der Waals surface area contributed by atoms with E-state index in [-0.39, 0.29) is 5.69 Å². The third-order valence-electron chi connectivity index (χ3n) is 5.37. The molecule has 29 heavy (non-hydrogen) atoms. The molecule has 1 atom stereocenters. The van der Waals surface area contributed by atoms with Gasteiger partial charge in [-0.15, -0.1) is 12.6 Å². The monoisotopic (exact) mass is 422 g/mol. The van der Waals surface area contributed by atoms with Crippen LogP contribution >= 0.6 is 12.6 Å². The van der Waals surface area contributed by atoms with Crippen molar-refractivity contribution in [3.8, 4) is 6.07 Å². The van der Waals surface area contributed by atoms with Crippen LogP contribution in [0.1, 0.15) is 30.5 Å². The molecule has 2 heterocycles. The lowest BCUT2D eigenvalue weighted by molar-refractivity contribution is -0.138. The van der Waals surface area contributed by atoms with Crippen molar-refractivity contribution in [2.75, 3.05) is 9.80 Å². The van der Waals surface area contributed by atoms with Crippen molar-refractivity contribution in [2.24, 2.45) is 0 Å². The van der Waals surface area contributed by atoms with E-state index in [1.54, 1.807) is 11.0 Å². The minimum Gasteiger partial charge on any atom is -0.327 e. The van der Waals surface area contributed by atoms with Gasteiger partial charge in [0.2, 0.25) is 0 Å². The first-order valence-corrected chi connectivity index (χ1v) is 9.25. The number of aromatic nitrogens is 1. The van der Waals surface area contributed by atoms with E-state index in [0.29, 0.717) is 18.5 Å². The third kappa shape index (κ3) is 2.92. The standard InChI is InChI=1S/C19H14F4N4OS/c20-11-3-1-4-12(7-11)27-17(29)26(16(28)18(27)5-2-6-18)13-8-14(19(21,22)23)15(9-24)25-10-13/h1,3-4,7-8,10,17,29H,2,5-6H2. The summed E-state index contributed by atoms with van der Waals surface area (Å²) in [5.41, 5.74) is -3.65. The number of hydrogen-bond acceptors (Lipinski definition) is 5. The van der Waals surface area contributed by atoms with E-state index in [4.69, 9.17) is 5.26 Å². The van der Waals surface area contributed by atoms with Gasteiger partial charge in [-0.25, -0.2) is 9.37 Å². The molecule has 1 aromatic heterocycles. The Balaban J connectivity index is 1.82. The van der Waals surface area contributed by atoms with Crippen molar-refractivity contribution in [1.29, 1.82) is 5.26 Å². The highest BCUT2D eigenvalue weighted by Crippen LogP contribution is 2.50. The van der Waals surface area contributed by atoms with Crippen LogP contribution in [-0.2, 0) is 11.0 Å². The van der Waals surface area contributed by atoms with Gasteiger partial charge >= 0.3 is 6.18 Å². The molecule has 1 aliphatic heterocycles. The van der Waals surface area contributed by atoms with Gasteiger partial charge in [0, 0.05) is 5.69 Å². The number of benzene rings is 1. The van der Waals surface area contributed by atoms with Crippen LogP contribution in [0, 0.1) is 17.1 Å². The number of carbonyl (C=O) groups excluding carboxylic acids is 1. The predicted molar refractivity (Wildman–Crippen MR) is 99.7 cm³/mol. The summed E-state index contributed by atoms with van der Waals surface area (Å²) in [4.78, 5) is 19.6. The predicted octanol–water partition coefficient (Wildman–Crippen LogP) is 4.10. The lowest BCUT2D eigenvalue weighted by atomic mass is 9.75. The van der Waals surface area contributed by atoms with E-state index in [9.17, 15) is 22.4 Å². The molecule has 5 nitrogen and oxygen atoms in total. The van der Waals surface area contributed by atoms with Crippen LogP contribution in [0.2, 0.25) is 0 Å². The molecule has 0 bridgehead atoms. The number of anilines is 2. The fourth-order valence-corrected chi connectivity index (χ4v) is 4.48. The molecule has 1 aromatic carbocycles. The van der Waals surface area contributed by atoms with Crippen molar-refractivity contribution >= 4 is 29.9 Å². The number of alkyl halides is 3. The molecule has 150 valence electrons. The minimum absolute atomic E-state index is 0.119. The van der Waals surface area contributed by atoms with Crippen LogP contribution in [-0.4, -0.2) is 21.9 Å². The smallest absolute Gasteiger partial charge is 0.327 e. The number of pyridine rings is 1. The lowest BCUT2D eigenvalue weighted by Gasteiger charge is -2.44. The van der Waals surface area contributed by atoms with Crippen molar-refractivity contribution in [3.05, 3.63) is 53.6 Å². The van der Waals surface area contributed by atoms with Gasteiger partial charge in [0.1, 0.15) is 17.4 Å². The van der Waals surface area contributed by atoms with Crippen molar-refractivity contribution in [3.63, 3.8) is 0 Å². The first-order valence-electron chi connectivity index (χ1n) is 8.73. The minimum atomic E-state index is -4.81. The fraction of sp³-hybridized carbons (Fsp3) is 0.316. The Labute approximate surface area is 169 Å². The maximum absolute atomic E-state index is 13.8. The van der Waals surface area contributed by atoms with Crippen molar-refractivity contribution < 1.29 is 22.4 Å². The van der Waals surface area contributed by atoms with E-state index in [1.807, 2.05) is 0 Å². The number of halogens is 4. The number of carbonyl (C=O) groups is 1. The topological polar surface area (TPSA) is 60.2 Å². The Hall–Kier alpha value is -2.80. The largest absolute Gasteiger partial charge is 0.419 e. The number of amides is 1. The summed E-state index contributed by atoms with van der Waals surface area (Å²) < 4.78 is 53.8. The molecule has 4 rings (SSSR count). The molecule has 0 N–H and O–H groups in total. The molecule has 0 radical (unpaired) electrons. The van der Waals surface area contributed by atoms with E-state index >= 15 is 0 Å². The van der Waals surface area contributed by atoms with Gasteiger partial charge in [-0.05, 0) is 43.5 Å². The number of thiol groups is 1. The quantitative estimate of drug-likeness (QED) is 0.585. The summed E-state index contributed by atoms with van der Waals surface area (Å²) >= 11 is 4.49. The molecular weight excluding hydrogens is 408 g/mol. The highest BCUT2D eigenvalue weighted by Gasteiger charge is 2.60. The molecule has 1 amide bonds. The Morgan fingerprint density at radius 2 is 1.97 bits per heavy atom. The van der Waals surface area contributed by atoms with E-state index in [0.717, 1.165) is 23.6 Å². The van der Waals surface area contributed by atoms with Gasteiger partial charge in [0.05, 0.1) is 17.4 Å². The van der Waals surface area contributed by atoms with Gasteiger partial charge in [-0.3, -0.25) is 9.69 Å².